The van der Waals surface area contributed by atoms with Crippen molar-refractivity contribution >= 4 is 27.5 Å². The normalized spacial score (nSPS) is 12.6. The van der Waals surface area contributed by atoms with E-state index in [0.717, 1.165) is 6.07 Å². The first-order chi connectivity index (χ1) is 16.9. The van der Waals surface area contributed by atoms with Crippen LogP contribution in [0.15, 0.2) is 72.2 Å². The highest BCUT2D eigenvalue weighted by Gasteiger charge is 2.42. The molecule has 0 aliphatic heterocycles. The van der Waals surface area contributed by atoms with Gasteiger partial charge in [-0.2, -0.15) is 17.5 Å². The van der Waals surface area contributed by atoms with Crippen molar-refractivity contribution in [2.24, 2.45) is 0 Å². The van der Waals surface area contributed by atoms with Crippen LogP contribution in [0.1, 0.15) is 12.0 Å². The number of halogens is 4. The van der Waals surface area contributed by atoms with E-state index in [4.69, 9.17) is 21.1 Å². The minimum Gasteiger partial charge on any atom is -0.496 e. The Morgan fingerprint density at radius 1 is 1.17 bits per heavy atom. The van der Waals surface area contributed by atoms with Gasteiger partial charge in [0, 0.05) is 29.2 Å². The summed E-state index contributed by atoms with van der Waals surface area (Å²) in [5, 5.41) is 2.58. The van der Waals surface area contributed by atoms with E-state index < -0.39 is 45.2 Å². The van der Waals surface area contributed by atoms with Gasteiger partial charge in [-0.05, 0) is 30.7 Å². The maximum atomic E-state index is 13.7. The van der Waals surface area contributed by atoms with E-state index in [9.17, 15) is 26.4 Å². The average Bonchev–Trinajstić information content (AvgIpc) is 2.83. The molecule has 2 rings (SSSR count). The zero-order valence-electron chi connectivity index (χ0n) is 19.6. The molecular weight excluding hydrogens is 521 g/mol. The lowest BCUT2D eigenvalue weighted by atomic mass is 10.1. The number of carbonyl (C=O) groups is 1. The van der Waals surface area contributed by atoms with Crippen molar-refractivity contribution < 1.29 is 35.9 Å². The summed E-state index contributed by atoms with van der Waals surface area (Å²) in [7, 11) is -2.12. The SMILES string of the molecule is C=CCC(C(=O)NCc1ccccc1OC)N(CC(=C)C(F)(F)F)S(=O)(=O)c1cc(Cl)ccc1OC. The summed E-state index contributed by atoms with van der Waals surface area (Å²) in [6, 6.07) is 8.84. The van der Waals surface area contributed by atoms with Crippen molar-refractivity contribution in [1.82, 2.24) is 9.62 Å². The molecule has 7 nitrogen and oxygen atoms in total. The molecule has 0 aliphatic rings. The van der Waals surface area contributed by atoms with Crippen molar-refractivity contribution in [2.75, 3.05) is 20.8 Å². The summed E-state index contributed by atoms with van der Waals surface area (Å²) in [6.07, 6.45) is -3.95. The van der Waals surface area contributed by atoms with Gasteiger partial charge in [0.15, 0.2) is 0 Å². The molecule has 1 unspecified atom stereocenters. The van der Waals surface area contributed by atoms with Gasteiger partial charge in [0.25, 0.3) is 0 Å². The van der Waals surface area contributed by atoms with Crippen molar-refractivity contribution in [3.05, 3.63) is 77.9 Å². The summed E-state index contributed by atoms with van der Waals surface area (Å²) in [5.41, 5.74) is -0.782. The van der Waals surface area contributed by atoms with Gasteiger partial charge in [0.05, 0.1) is 14.2 Å². The van der Waals surface area contributed by atoms with Crippen LogP contribution in [-0.2, 0) is 21.4 Å². The average molecular weight is 547 g/mol. The quantitative estimate of drug-likeness (QED) is 0.389. The predicted octanol–water partition coefficient (Wildman–Crippen LogP) is 4.73. The summed E-state index contributed by atoms with van der Waals surface area (Å²) in [5.74, 6) is -0.536. The van der Waals surface area contributed by atoms with Crippen LogP contribution in [0.3, 0.4) is 0 Å². The predicted molar refractivity (Wildman–Crippen MR) is 131 cm³/mol. The largest absolute Gasteiger partial charge is 0.496 e. The van der Waals surface area contributed by atoms with Crippen LogP contribution in [0, 0.1) is 0 Å². The van der Waals surface area contributed by atoms with Crippen molar-refractivity contribution in [3.8, 4) is 11.5 Å². The molecule has 0 fully saturated rings. The monoisotopic (exact) mass is 546 g/mol. The van der Waals surface area contributed by atoms with E-state index in [-0.39, 0.29) is 23.7 Å². The highest BCUT2D eigenvalue weighted by atomic mass is 35.5. The van der Waals surface area contributed by atoms with Crippen LogP contribution >= 0.6 is 11.6 Å². The van der Waals surface area contributed by atoms with Gasteiger partial charge in [-0.25, -0.2) is 8.42 Å². The summed E-state index contributed by atoms with van der Waals surface area (Å²) in [6.45, 7) is 5.25. The Balaban J connectivity index is 2.54. The highest BCUT2D eigenvalue weighted by Crippen LogP contribution is 2.33. The molecule has 0 saturated heterocycles. The minimum atomic E-state index is -4.90. The van der Waals surface area contributed by atoms with Crippen LogP contribution in [0.2, 0.25) is 5.02 Å². The number of sulfonamides is 1. The van der Waals surface area contributed by atoms with Crippen LogP contribution in [0.25, 0.3) is 0 Å². The van der Waals surface area contributed by atoms with Gasteiger partial charge in [-0.3, -0.25) is 4.79 Å². The van der Waals surface area contributed by atoms with Gasteiger partial charge < -0.3 is 14.8 Å². The Morgan fingerprint density at radius 3 is 2.39 bits per heavy atom. The minimum absolute atomic E-state index is 0.00451. The molecule has 0 spiro atoms. The van der Waals surface area contributed by atoms with Gasteiger partial charge in [0.1, 0.15) is 22.4 Å². The van der Waals surface area contributed by atoms with Crippen LogP contribution in [-0.4, -0.2) is 51.6 Å². The number of nitrogens with one attached hydrogen (secondary N) is 1. The number of rotatable bonds is 12. The van der Waals surface area contributed by atoms with Gasteiger partial charge in [0.2, 0.25) is 15.9 Å². The molecule has 196 valence electrons. The second kappa shape index (κ2) is 12.3. The second-order valence-electron chi connectivity index (χ2n) is 7.52. The molecule has 2 aromatic carbocycles. The number of hydrogen-bond acceptors (Lipinski definition) is 5. The molecule has 12 heteroatoms. The first-order valence-electron chi connectivity index (χ1n) is 10.5. The Labute approximate surface area is 213 Å². The third kappa shape index (κ3) is 7.02. The molecule has 0 saturated carbocycles. The number of benzene rings is 2. The molecule has 0 aliphatic carbocycles. The molecule has 36 heavy (non-hydrogen) atoms. The molecule has 2 aromatic rings. The molecule has 0 heterocycles. The number of nitrogens with zero attached hydrogens (tertiary/aromatic N) is 1. The lowest BCUT2D eigenvalue weighted by molar-refractivity contribution is -0.125. The Morgan fingerprint density at radius 2 is 1.81 bits per heavy atom. The number of amides is 1. The van der Waals surface area contributed by atoms with Crippen LogP contribution < -0.4 is 14.8 Å². The fourth-order valence-electron chi connectivity index (χ4n) is 3.28. The summed E-state index contributed by atoms with van der Waals surface area (Å²) >= 11 is 5.97. The Bertz CT molecular complexity index is 1220. The topological polar surface area (TPSA) is 84.9 Å². The van der Waals surface area contributed by atoms with E-state index in [0.29, 0.717) is 15.6 Å². The molecule has 1 amide bonds. The second-order valence-corrected chi connectivity index (χ2v) is 9.81. The number of methoxy groups -OCH3 is 2. The number of ether oxygens (including phenoxy) is 2. The Hall–Kier alpha value is -3.02. The van der Waals surface area contributed by atoms with Crippen LogP contribution in [0.4, 0.5) is 13.2 Å². The zero-order chi connectivity index (χ0) is 27.1. The molecule has 0 radical (unpaired) electrons. The van der Waals surface area contributed by atoms with E-state index in [1.165, 1.54) is 32.4 Å². The van der Waals surface area contributed by atoms with Crippen molar-refractivity contribution in [2.45, 2.75) is 30.1 Å². The number of carbonyl (C=O) groups excluding carboxylic acids is 1. The van der Waals surface area contributed by atoms with Gasteiger partial charge in [-0.1, -0.05) is 42.5 Å². The smallest absolute Gasteiger partial charge is 0.413 e. The summed E-state index contributed by atoms with van der Waals surface area (Å²) in [4.78, 5) is 12.7. The molecular formula is C24H26ClF3N2O5S. The molecule has 1 atom stereocenters. The summed E-state index contributed by atoms with van der Waals surface area (Å²) < 4.78 is 78.3. The molecule has 1 N–H and O–H groups in total. The zero-order valence-corrected chi connectivity index (χ0v) is 21.2. The van der Waals surface area contributed by atoms with Gasteiger partial charge >= 0.3 is 6.18 Å². The third-order valence-electron chi connectivity index (χ3n) is 5.15. The van der Waals surface area contributed by atoms with E-state index in [1.54, 1.807) is 24.3 Å². The number of alkyl halides is 3. The van der Waals surface area contributed by atoms with Crippen LogP contribution in [0.5, 0.6) is 11.5 Å². The molecule has 0 bridgehead atoms. The fourth-order valence-corrected chi connectivity index (χ4v) is 5.29. The third-order valence-corrected chi connectivity index (χ3v) is 7.26. The van der Waals surface area contributed by atoms with E-state index >= 15 is 0 Å². The first kappa shape index (κ1) is 29.2. The lowest BCUT2D eigenvalue weighted by Gasteiger charge is -2.31. The van der Waals surface area contributed by atoms with E-state index in [2.05, 4.69) is 18.5 Å². The lowest BCUT2D eigenvalue weighted by Crippen LogP contribution is -2.50. The van der Waals surface area contributed by atoms with Crippen molar-refractivity contribution in [3.63, 3.8) is 0 Å². The first-order valence-corrected chi connectivity index (χ1v) is 12.3. The van der Waals surface area contributed by atoms with Crippen molar-refractivity contribution in [1.29, 1.82) is 0 Å². The van der Waals surface area contributed by atoms with E-state index in [1.807, 2.05) is 0 Å². The maximum Gasteiger partial charge on any atom is 0.413 e. The van der Waals surface area contributed by atoms with Gasteiger partial charge in [-0.15, -0.1) is 6.58 Å². The highest BCUT2D eigenvalue weighted by molar-refractivity contribution is 7.89. The standard InChI is InChI=1S/C24H26ClF3N2O5S/c1-5-8-19(23(31)29-14-17-9-6-7-10-20(17)34-3)30(15-16(2)24(26,27)28)36(32,33)22-13-18(25)11-12-21(22)35-4/h5-7,9-13,19H,1-2,8,14-15H2,3-4H3,(H,29,31). The molecule has 0 aromatic heterocycles. The Kier molecular flexibility index (Phi) is 9.97. The maximum absolute atomic E-state index is 13.7. The number of para-hydroxylation sites is 1. The number of hydrogen-bond donors (Lipinski definition) is 1. The fraction of sp³-hybridized carbons (Fsp3) is 0.292.